The van der Waals surface area contributed by atoms with Gasteiger partial charge in [-0.1, -0.05) is 13.8 Å². The molecule has 0 radical (unpaired) electrons. The van der Waals surface area contributed by atoms with E-state index in [9.17, 15) is 4.79 Å². The Morgan fingerprint density at radius 3 is 2.71 bits per heavy atom. The number of nitrogens with one attached hydrogen (secondary N) is 1. The van der Waals surface area contributed by atoms with Gasteiger partial charge in [0.15, 0.2) is 0 Å². The molecule has 0 spiro atoms. The number of hydrogen-bond acceptors (Lipinski definition) is 3. The second-order valence-electron chi connectivity index (χ2n) is 6.24. The first kappa shape index (κ1) is 15.7. The molecule has 0 aliphatic heterocycles. The predicted octanol–water partition coefficient (Wildman–Crippen LogP) is 3.03. The number of nitrogens with zero attached hydrogens (tertiary/aromatic N) is 1. The molecule has 0 saturated heterocycles. The van der Waals surface area contributed by atoms with Gasteiger partial charge in [0.25, 0.3) is 5.91 Å². The minimum Gasteiger partial charge on any atom is -0.399 e. The quantitative estimate of drug-likeness (QED) is 0.759. The lowest BCUT2D eigenvalue weighted by molar-refractivity contribution is 0.0956. The second-order valence-corrected chi connectivity index (χ2v) is 6.24. The molecule has 0 bridgehead atoms. The Hall–Kier alpha value is -1.71. The van der Waals surface area contributed by atoms with Crippen molar-refractivity contribution in [3.05, 3.63) is 23.8 Å². The summed E-state index contributed by atoms with van der Waals surface area (Å²) >= 11 is 0. The van der Waals surface area contributed by atoms with Crippen LogP contribution in [0.4, 0.5) is 11.4 Å². The lowest BCUT2D eigenvalue weighted by Crippen LogP contribution is -2.31. The zero-order valence-electron chi connectivity index (χ0n) is 13.4. The van der Waals surface area contributed by atoms with E-state index in [-0.39, 0.29) is 5.91 Å². The average molecular weight is 289 g/mol. The maximum Gasteiger partial charge on any atom is 0.253 e. The van der Waals surface area contributed by atoms with Crippen molar-refractivity contribution in [3.63, 3.8) is 0 Å². The first-order valence-corrected chi connectivity index (χ1v) is 7.97. The van der Waals surface area contributed by atoms with E-state index in [4.69, 9.17) is 5.73 Å². The molecule has 0 unspecified atom stereocenters. The van der Waals surface area contributed by atoms with Gasteiger partial charge in [-0.15, -0.1) is 0 Å². The molecule has 1 aliphatic rings. The van der Waals surface area contributed by atoms with Crippen molar-refractivity contribution in [2.24, 2.45) is 5.92 Å². The number of nitrogen functional groups attached to an aromatic ring is 1. The van der Waals surface area contributed by atoms with Crippen LogP contribution in [0, 0.1) is 5.92 Å². The Kier molecular flexibility index (Phi) is 5.10. The summed E-state index contributed by atoms with van der Waals surface area (Å²) in [7, 11) is 0. The van der Waals surface area contributed by atoms with Gasteiger partial charge in [-0.25, -0.2) is 0 Å². The molecule has 1 aromatic carbocycles. The Balaban J connectivity index is 2.29. The normalized spacial score (nSPS) is 14.3. The third kappa shape index (κ3) is 4.13. The SMILES string of the molecule is CCNC(=O)c1ccc(N)cc1N(CCC(C)C)C1CC1. The monoisotopic (exact) mass is 289 g/mol. The van der Waals surface area contributed by atoms with E-state index in [1.807, 2.05) is 25.1 Å². The zero-order chi connectivity index (χ0) is 15.4. The molecule has 0 aromatic heterocycles. The maximum absolute atomic E-state index is 12.3. The number of rotatable bonds is 7. The van der Waals surface area contributed by atoms with Crippen LogP contribution in [0.15, 0.2) is 18.2 Å². The Morgan fingerprint density at radius 1 is 1.43 bits per heavy atom. The fraction of sp³-hybridized carbons (Fsp3) is 0.588. The minimum absolute atomic E-state index is 0.0114. The van der Waals surface area contributed by atoms with Gasteiger partial charge in [-0.3, -0.25) is 4.79 Å². The van der Waals surface area contributed by atoms with Crippen molar-refractivity contribution in [2.45, 2.75) is 46.1 Å². The highest BCUT2D eigenvalue weighted by molar-refractivity contribution is 6.00. The number of carbonyl (C=O) groups excluding carboxylic acids is 1. The zero-order valence-corrected chi connectivity index (χ0v) is 13.4. The first-order chi connectivity index (χ1) is 10.0. The number of hydrogen-bond donors (Lipinski definition) is 2. The van der Waals surface area contributed by atoms with Crippen molar-refractivity contribution >= 4 is 17.3 Å². The van der Waals surface area contributed by atoms with E-state index >= 15 is 0 Å². The number of amides is 1. The van der Waals surface area contributed by atoms with Crippen LogP contribution in [-0.2, 0) is 0 Å². The summed E-state index contributed by atoms with van der Waals surface area (Å²) in [5.41, 5.74) is 8.40. The minimum atomic E-state index is -0.0114. The van der Waals surface area contributed by atoms with Crippen LogP contribution >= 0.6 is 0 Å². The maximum atomic E-state index is 12.3. The molecule has 2 rings (SSSR count). The van der Waals surface area contributed by atoms with Crippen LogP contribution < -0.4 is 16.0 Å². The molecule has 4 heteroatoms. The summed E-state index contributed by atoms with van der Waals surface area (Å²) in [6.07, 6.45) is 3.55. The Bertz CT molecular complexity index is 495. The molecule has 1 aliphatic carbocycles. The molecule has 0 heterocycles. The van der Waals surface area contributed by atoms with Gasteiger partial charge in [0, 0.05) is 24.8 Å². The van der Waals surface area contributed by atoms with Crippen molar-refractivity contribution in [2.75, 3.05) is 23.7 Å². The molecule has 1 saturated carbocycles. The highest BCUT2D eigenvalue weighted by atomic mass is 16.1. The molecule has 1 amide bonds. The highest BCUT2D eigenvalue weighted by Gasteiger charge is 2.31. The predicted molar refractivity (Wildman–Crippen MR) is 88.7 cm³/mol. The average Bonchev–Trinajstić information content (AvgIpc) is 3.23. The van der Waals surface area contributed by atoms with Gasteiger partial charge in [0.1, 0.15) is 0 Å². The third-order valence-electron chi connectivity index (χ3n) is 3.85. The van der Waals surface area contributed by atoms with Gasteiger partial charge in [0.05, 0.1) is 11.3 Å². The van der Waals surface area contributed by atoms with Gasteiger partial charge in [-0.2, -0.15) is 0 Å². The number of carbonyl (C=O) groups is 1. The molecule has 0 atom stereocenters. The van der Waals surface area contributed by atoms with Gasteiger partial charge in [0.2, 0.25) is 0 Å². The molecule has 1 fully saturated rings. The van der Waals surface area contributed by atoms with E-state index in [1.54, 1.807) is 0 Å². The Labute approximate surface area is 127 Å². The third-order valence-corrected chi connectivity index (χ3v) is 3.85. The van der Waals surface area contributed by atoms with Crippen LogP contribution in [0.2, 0.25) is 0 Å². The lowest BCUT2D eigenvalue weighted by Gasteiger charge is -2.28. The number of anilines is 2. The fourth-order valence-corrected chi connectivity index (χ4v) is 2.52. The number of nitrogens with two attached hydrogens (primary N) is 1. The number of benzene rings is 1. The van der Waals surface area contributed by atoms with Crippen molar-refractivity contribution in [1.29, 1.82) is 0 Å². The summed E-state index contributed by atoms with van der Waals surface area (Å²) in [5, 5.41) is 2.89. The molecule has 1 aromatic rings. The van der Waals surface area contributed by atoms with Crippen LogP contribution in [0.3, 0.4) is 0 Å². The van der Waals surface area contributed by atoms with Crippen LogP contribution in [0.5, 0.6) is 0 Å². The molecular weight excluding hydrogens is 262 g/mol. The largest absolute Gasteiger partial charge is 0.399 e. The van der Waals surface area contributed by atoms with Gasteiger partial charge < -0.3 is 16.0 Å². The van der Waals surface area contributed by atoms with E-state index < -0.39 is 0 Å². The highest BCUT2D eigenvalue weighted by Crippen LogP contribution is 2.35. The topological polar surface area (TPSA) is 58.4 Å². The van der Waals surface area contributed by atoms with Gasteiger partial charge >= 0.3 is 0 Å². The van der Waals surface area contributed by atoms with E-state index in [0.717, 1.165) is 24.2 Å². The summed E-state index contributed by atoms with van der Waals surface area (Å²) in [6, 6.07) is 6.17. The van der Waals surface area contributed by atoms with E-state index in [1.165, 1.54) is 12.8 Å². The molecule has 3 N–H and O–H groups in total. The van der Waals surface area contributed by atoms with Crippen molar-refractivity contribution < 1.29 is 4.79 Å². The van der Waals surface area contributed by atoms with Crippen molar-refractivity contribution in [1.82, 2.24) is 5.32 Å². The first-order valence-electron chi connectivity index (χ1n) is 7.97. The summed E-state index contributed by atoms with van der Waals surface area (Å²) in [6.45, 7) is 8.02. The van der Waals surface area contributed by atoms with Gasteiger partial charge in [-0.05, 0) is 50.3 Å². The second kappa shape index (κ2) is 6.83. The van der Waals surface area contributed by atoms with E-state index in [0.29, 0.717) is 24.2 Å². The van der Waals surface area contributed by atoms with Crippen molar-refractivity contribution in [3.8, 4) is 0 Å². The van der Waals surface area contributed by atoms with Crippen LogP contribution in [-0.4, -0.2) is 25.0 Å². The Morgan fingerprint density at radius 2 is 2.14 bits per heavy atom. The van der Waals surface area contributed by atoms with Crippen LogP contribution in [0.25, 0.3) is 0 Å². The van der Waals surface area contributed by atoms with Crippen LogP contribution in [0.1, 0.15) is 50.4 Å². The molecule has 4 nitrogen and oxygen atoms in total. The van der Waals surface area contributed by atoms with E-state index in [2.05, 4.69) is 24.1 Å². The molecule has 116 valence electrons. The molecule has 21 heavy (non-hydrogen) atoms. The smallest absolute Gasteiger partial charge is 0.253 e. The standard InChI is InChI=1S/C17H27N3O/c1-4-19-17(21)15-8-5-13(18)11-16(15)20(14-6-7-14)10-9-12(2)3/h5,8,11-12,14H,4,6-7,9-10,18H2,1-3H3,(H,19,21). The summed E-state index contributed by atoms with van der Waals surface area (Å²) < 4.78 is 0. The lowest BCUT2D eigenvalue weighted by atomic mass is 10.1. The molecular formula is C17H27N3O. The fourth-order valence-electron chi connectivity index (χ4n) is 2.52. The summed E-state index contributed by atoms with van der Waals surface area (Å²) in [5.74, 6) is 0.642. The summed E-state index contributed by atoms with van der Waals surface area (Å²) in [4.78, 5) is 14.7.